The van der Waals surface area contributed by atoms with Crippen LogP contribution in [0.5, 0.6) is 5.75 Å². The number of Topliss-reactive ketones (excluding diaryl/α,β-unsaturated/α-hetero) is 1. The van der Waals surface area contributed by atoms with E-state index in [4.69, 9.17) is 4.74 Å². The number of allylic oxidation sites excluding steroid dienone is 1. The van der Waals surface area contributed by atoms with E-state index in [1.165, 1.54) is 24.0 Å². The Morgan fingerprint density at radius 2 is 1.64 bits per heavy atom. The Hall–Kier alpha value is -3.59. The highest BCUT2D eigenvalue weighted by Gasteiger charge is 2.64. The Labute approximate surface area is 197 Å². The smallest absolute Gasteiger partial charge is 0.308 e. The van der Waals surface area contributed by atoms with E-state index in [1.54, 1.807) is 59.8 Å². The van der Waals surface area contributed by atoms with Crippen LogP contribution in [-0.4, -0.2) is 46.9 Å². The molecule has 0 saturated carbocycles. The monoisotopic (exact) mass is 507 g/mol. The number of rotatable bonds is 4. The number of anilines is 1. The molecule has 2 fully saturated rings. The van der Waals surface area contributed by atoms with Crippen molar-refractivity contribution in [2.75, 3.05) is 4.90 Å². The van der Waals surface area contributed by atoms with Gasteiger partial charge in [0.15, 0.2) is 5.78 Å². The summed E-state index contributed by atoms with van der Waals surface area (Å²) in [7, 11) is 0. The summed E-state index contributed by atoms with van der Waals surface area (Å²) in [5, 5.41) is 5.90. The van der Waals surface area contributed by atoms with Crippen LogP contribution in [0.3, 0.4) is 0 Å². The van der Waals surface area contributed by atoms with Gasteiger partial charge in [0.25, 0.3) is 0 Å². The molecule has 4 atom stereocenters. The molecule has 0 bridgehead atoms. The number of fused-ring (bicyclic) bond motifs is 3. The molecule has 0 N–H and O–H groups in total. The standard InChI is InChI=1S/C24H18BrN3O5/c1-13(29)33-17-10-4-14(5-11-17)22(30)21-20-19(18-3-2-12-26-28(18)21)23(31)27(24(20)32)16-8-6-15(25)7-9-16/h2-12,18-21H,1H3. The predicted molar refractivity (Wildman–Crippen MR) is 123 cm³/mol. The Bertz CT molecular complexity index is 1220. The quantitative estimate of drug-likeness (QED) is 0.273. The van der Waals surface area contributed by atoms with Crippen molar-refractivity contribution in [1.29, 1.82) is 0 Å². The maximum Gasteiger partial charge on any atom is 0.308 e. The molecular formula is C24H18BrN3O5. The number of hydrazone groups is 1. The van der Waals surface area contributed by atoms with Crippen molar-refractivity contribution in [3.05, 3.63) is 70.7 Å². The molecule has 3 aliphatic heterocycles. The number of nitrogens with zero attached hydrogens (tertiary/aromatic N) is 3. The van der Waals surface area contributed by atoms with Crippen molar-refractivity contribution in [3.63, 3.8) is 0 Å². The summed E-state index contributed by atoms with van der Waals surface area (Å²) >= 11 is 3.36. The van der Waals surface area contributed by atoms with E-state index >= 15 is 0 Å². The van der Waals surface area contributed by atoms with Crippen LogP contribution in [-0.2, 0) is 14.4 Å². The van der Waals surface area contributed by atoms with Gasteiger partial charge in [0.2, 0.25) is 11.8 Å². The fourth-order valence-corrected chi connectivity index (χ4v) is 4.97. The van der Waals surface area contributed by atoms with E-state index in [2.05, 4.69) is 21.0 Å². The lowest BCUT2D eigenvalue weighted by molar-refractivity contribution is -0.132. The molecule has 5 rings (SSSR count). The van der Waals surface area contributed by atoms with Crippen LogP contribution in [0, 0.1) is 11.8 Å². The second-order valence-corrected chi connectivity index (χ2v) is 8.90. The van der Waals surface area contributed by atoms with Crippen molar-refractivity contribution in [1.82, 2.24) is 5.01 Å². The third-order valence-electron chi connectivity index (χ3n) is 6.04. The lowest BCUT2D eigenvalue weighted by atomic mass is 9.86. The Kier molecular flexibility index (Phi) is 5.20. The molecule has 3 heterocycles. The molecule has 0 aromatic heterocycles. The lowest BCUT2D eigenvalue weighted by Gasteiger charge is -2.30. The summed E-state index contributed by atoms with van der Waals surface area (Å²) in [5.41, 5.74) is 0.803. The summed E-state index contributed by atoms with van der Waals surface area (Å²) in [6.07, 6.45) is 5.07. The van der Waals surface area contributed by atoms with Crippen molar-refractivity contribution < 1.29 is 23.9 Å². The molecule has 166 valence electrons. The minimum absolute atomic E-state index is 0.314. The van der Waals surface area contributed by atoms with Crippen LogP contribution in [0.1, 0.15) is 17.3 Å². The number of esters is 1. The highest BCUT2D eigenvalue weighted by molar-refractivity contribution is 9.10. The van der Waals surface area contributed by atoms with Gasteiger partial charge < -0.3 is 4.74 Å². The van der Waals surface area contributed by atoms with Gasteiger partial charge in [-0.05, 0) is 54.6 Å². The second kappa shape index (κ2) is 8.08. The number of hydrogen-bond donors (Lipinski definition) is 0. The normalized spacial score (nSPS) is 25.3. The average molecular weight is 508 g/mol. The Morgan fingerprint density at radius 1 is 0.970 bits per heavy atom. The molecule has 33 heavy (non-hydrogen) atoms. The Balaban J connectivity index is 1.51. The number of amides is 2. The van der Waals surface area contributed by atoms with Crippen LogP contribution in [0.4, 0.5) is 5.69 Å². The molecule has 8 nitrogen and oxygen atoms in total. The maximum absolute atomic E-state index is 13.6. The van der Waals surface area contributed by atoms with Crippen LogP contribution in [0.15, 0.2) is 70.3 Å². The van der Waals surface area contributed by atoms with Crippen molar-refractivity contribution in [3.8, 4) is 5.75 Å². The number of hydrogen-bond acceptors (Lipinski definition) is 7. The van der Waals surface area contributed by atoms with Crippen LogP contribution in [0.25, 0.3) is 0 Å². The number of carbonyl (C=O) groups is 4. The van der Waals surface area contributed by atoms with E-state index in [0.717, 1.165) is 4.47 Å². The van der Waals surface area contributed by atoms with Gasteiger partial charge >= 0.3 is 5.97 Å². The largest absolute Gasteiger partial charge is 0.427 e. The molecule has 2 aromatic rings. The SMILES string of the molecule is CC(=O)Oc1ccc(C(=O)C2C3C(=O)N(c4ccc(Br)cc4)C(=O)C3C3C=CC=NN32)cc1. The molecule has 4 unspecified atom stereocenters. The van der Waals surface area contributed by atoms with E-state index in [-0.39, 0.29) is 11.7 Å². The fourth-order valence-electron chi connectivity index (χ4n) is 4.71. The lowest BCUT2D eigenvalue weighted by Crippen LogP contribution is -2.46. The first-order chi connectivity index (χ1) is 15.9. The minimum atomic E-state index is -0.933. The molecule has 9 heteroatoms. The molecule has 2 saturated heterocycles. The summed E-state index contributed by atoms with van der Waals surface area (Å²) < 4.78 is 5.86. The first kappa shape index (κ1) is 21.3. The zero-order valence-electron chi connectivity index (χ0n) is 17.4. The topological polar surface area (TPSA) is 96.3 Å². The first-order valence-electron chi connectivity index (χ1n) is 10.3. The Morgan fingerprint density at radius 3 is 2.30 bits per heavy atom. The third kappa shape index (κ3) is 3.48. The van der Waals surface area contributed by atoms with Crippen molar-refractivity contribution >= 4 is 51.4 Å². The zero-order valence-corrected chi connectivity index (χ0v) is 19.0. The van der Waals surface area contributed by atoms with Crippen LogP contribution in [0.2, 0.25) is 0 Å². The zero-order chi connectivity index (χ0) is 23.3. The molecule has 2 aromatic carbocycles. The highest BCUT2D eigenvalue weighted by Crippen LogP contribution is 2.46. The van der Waals surface area contributed by atoms with Gasteiger partial charge in [-0.3, -0.25) is 24.2 Å². The molecule has 2 amide bonds. The van der Waals surface area contributed by atoms with E-state index < -0.39 is 35.8 Å². The average Bonchev–Trinajstić information content (AvgIpc) is 3.27. The van der Waals surface area contributed by atoms with Crippen molar-refractivity contribution in [2.45, 2.75) is 19.0 Å². The van der Waals surface area contributed by atoms with Crippen molar-refractivity contribution in [2.24, 2.45) is 16.9 Å². The molecule has 0 radical (unpaired) electrons. The number of ketones is 1. The number of ether oxygens (including phenoxy) is 1. The van der Waals surface area contributed by atoms with Gasteiger partial charge in [-0.15, -0.1) is 0 Å². The second-order valence-electron chi connectivity index (χ2n) is 7.99. The van der Waals surface area contributed by atoms with Gasteiger partial charge in [0.05, 0.1) is 23.6 Å². The van der Waals surface area contributed by atoms with E-state index in [1.807, 2.05) is 0 Å². The van der Waals surface area contributed by atoms with E-state index in [9.17, 15) is 19.2 Å². The summed E-state index contributed by atoms with van der Waals surface area (Å²) in [6.45, 7) is 1.29. The van der Waals surface area contributed by atoms with E-state index in [0.29, 0.717) is 17.0 Å². The predicted octanol–water partition coefficient (Wildman–Crippen LogP) is 2.97. The number of imide groups is 1. The van der Waals surface area contributed by atoms with Gasteiger partial charge in [0, 0.05) is 23.2 Å². The summed E-state index contributed by atoms with van der Waals surface area (Å²) in [4.78, 5) is 52.9. The molecular weight excluding hydrogens is 490 g/mol. The first-order valence-corrected chi connectivity index (χ1v) is 11.1. The fraction of sp³-hybridized carbons (Fsp3) is 0.208. The van der Waals surface area contributed by atoms with Crippen LogP contribution >= 0.6 is 15.9 Å². The summed E-state index contributed by atoms with van der Waals surface area (Å²) in [6, 6.07) is 11.6. The van der Waals surface area contributed by atoms with Gasteiger partial charge in [-0.2, -0.15) is 5.10 Å². The highest BCUT2D eigenvalue weighted by atomic mass is 79.9. The number of halogens is 1. The van der Waals surface area contributed by atoms with Gasteiger partial charge in [-0.1, -0.05) is 22.0 Å². The summed E-state index contributed by atoms with van der Waals surface area (Å²) in [5.74, 6) is -2.82. The number of benzene rings is 2. The molecule has 0 spiro atoms. The maximum atomic E-state index is 13.6. The van der Waals surface area contributed by atoms with Gasteiger partial charge in [-0.25, -0.2) is 4.90 Å². The third-order valence-corrected chi connectivity index (χ3v) is 6.57. The van der Waals surface area contributed by atoms with Crippen LogP contribution < -0.4 is 9.64 Å². The number of carbonyl (C=O) groups excluding carboxylic acids is 4. The van der Waals surface area contributed by atoms with Gasteiger partial charge in [0.1, 0.15) is 11.8 Å². The molecule has 3 aliphatic rings. The minimum Gasteiger partial charge on any atom is -0.427 e. The molecule has 0 aliphatic carbocycles.